The van der Waals surface area contributed by atoms with Crippen molar-refractivity contribution in [3.8, 4) is 5.75 Å². The molecule has 294 valence electrons. The van der Waals surface area contributed by atoms with E-state index in [1.807, 2.05) is 54.6 Å². The second kappa shape index (κ2) is 13.7. The van der Waals surface area contributed by atoms with Crippen molar-refractivity contribution in [2.24, 2.45) is 23.7 Å². The van der Waals surface area contributed by atoms with Crippen LogP contribution >= 0.6 is 0 Å². The average molecular weight is 789 g/mol. The number of phenols is 1. The third-order valence-electron chi connectivity index (χ3n) is 12.8. The summed E-state index contributed by atoms with van der Waals surface area (Å²) in [6, 6.07) is 30.6. The molecule has 6 atom stereocenters. The number of fused-ring (bicyclic) bond motifs is 5. The second-order valence-corrected chi connectivity index (χ2v) is 15.8. The van der Waals surface area contributed by atoms with Crippen LogP contribution in [0, 0.1) is 43.9 Å². The zero-order valence-corrected chi connectivity index (χ0v) is 31.9. The zero-order valence-electron chi connectivity index (χ0n) is 31.9. The second-order valence-electron chi connectivity index (χ2n) is 15.8. The highest BCUT2D eigenvalue weighted by molar-refractivity contribution is 6.32. The van der Waals surface area contributed by atoms with Gasteiger partial charge >= 0.3 is 11.4 Å². The van der Waals surface area contributed by atoms with Crippen molar-refractivity contribution in [2.75, 3.05) is 23.9 Å². The number of nitrogens with zero attached hydrogens (tertiary/aromatic N) is 4. The van der Waals surface area contributed by atoms with E-state index in [2.05, 4.69) is 0 Å². The van der Waals surface area contributed by atoms with Crippen LogP contribution < -0.4 is 9.80 Å². The lowest BCUT2D eigenvalue weighted by molar-refractivity contribution is -0.392. The number of Topliss-reactive ketones (excluding diaryl/α,β-unsaturated/α-hetero) is 1. The summed E-state index contributed by atoms with van der Waals surface area (Å²) in [7, 11) is 2.84. The third kappa shape index (κ3) is 5.37. The lowest BCUT2D eigenvalue weighted by atomic mass is 9.44. The minimum absolute atomic E-state index is 0.00980. The molecule has 1 N–H and O–H groups in total. The molecule has 3 aliphatic carbocycles. The van der Waals surface area contributed by atoms with Gasteiger partial charge in [-0.3, -0.25) is 39.4 Å². The molecule has 1 heterocycles. The predicted molar refractivity (Wildman–Crippen MR) is 219 cm³/mol. The van der Waals surface area contributed by atoms with E-state index in [1.54, 1.807) is 48.5 Å². The molecule has 5 aromatic carbocycles. The Morgan fingerprint density at radius 1 is 0.763 bits per heavy atom. The van der Waals surface area contributed by atoms with Crippen LogP contribution in [0.15, 0.2) is 127 Å². The molecule has 5 aromatic rings. The SMILES string of the molecule is CN(C)c1c([N+](=O)[O-])cc(N2C(=O)[C@H]3[C@H](CC=C4[C@H]3C[C@H]3C(=O)C(c5ccccc5)=CC(=O)[C@@]3(c3ccccc3)[C@H]4c3ccc(O)c4ccccc34)C2=O)cc1[N+](=O)[O-]. The van der Waals surface area contributed by atoms with Crippen LogP contribution in [0.5, 0.6) is 5.75 Å². The Bertz CT molecular complexity index is 2710. The number of hydrogen-bond donors (Lipinski definition) is 1. The van der Waals surface area contributed by atoms with Crippen LogP contribution in [0.3, 0.4) is 0 Å². The molecule has 59 heavy (non-hydrogen) atoms. The Balaban J connectivity index is 1.28. The van der Waals surface area contributed by atoms with Gasteiger partial charge in [0.2, 0.25) is 11.8 Å². The normalized spacial score (nSPS) is 24.8. The standard InChI is InChI=1S/C46H36N4O9/c1-47(2)42-36(49(56)57)21-27(22-37(42)50(58)59)48-44(54)32-18-17-31-34(40(32)45(48)55)23-35-43(53)33(25-11-5-3-6-12-25)24-39(52)46(35,26-13-7-4-8-14-26)41(31)30-19-20-38(51)29-16-10-9-15-28(29)30/h3-17,19-22,24,32,34-35,40-41,51H,18,23H2,1-2H3/t32-,34+,35-,40-,41-,46-/m0/s1. The van der Waals surface area contributed by atoms with E-state index in [4.69, 9.17) is 0 Å². The number of nitro benzene ring substituents is 2. The maximum Gasteiger partial charge on any atom is 0.301 e. The Morgan fingerprint density at radius 2 is 1.37 bits per heavy atom. The smallest absolute Gasteiger partial charge is 0.301 e. The van der Waals surface area contributed by atoms with Gasteiger partial charge in [-0.15, -0.1) is 0 Å². The predicted octanol–water partition coefficient (Wildman–Crippen LogP) is 7.46. The van der Waals surface area contributed by atoms with E-state index < -0.39 is 68.0 Å². The van der Waals surface area contributed by atoms with Crippen LogP contribution in [-0.2, 0) is 24.6 Å². The number of carbonyl (C=O) groups excluding carboxylic acids is 4. The highest BCUT2D eigenvalue weighted by Crippen LogP contribution is 2.64. The van der Waals surface area contributed by atoms with E-state index in [1.165, 1.54) is 25.1 Å². The van der Waals surface area contributed by atoms with Crippen molar-refractivity contribution in [2.45, 2.75) is 24.2 Å². The van der Waals surface area contributed by atoms with Gasteiger partial charge in [0.05, 0.1) is 32.8 Å². The number of amides is 2. The summed E-state index contributed by atoms with van der Waals surface area (Å²) in [4.78, 5) is 85.2. The maximum absolute atomic E-state index is 15.4. The molecule has 13 nitrogen and oxygen atoms in total. The number of anilines is 2. The Kier molecular flexibility index (Phi) is 8.65. The molecule has 0 unspecified atom stereocenters. The number of hydrogen-bond acceptors (Lipinski definition) is 10. The fraction of sp³-hybridized carbons (Fsp3) is 0.217. The van der Waals surface area contributed by atoms with Crippen molar-refractivity contribution in [3.05, 3.63) is 164 Å². The van der Waals surface area contributed by atoms with Crippen LogP contribution in [-0.4, -0.2) is 52.4 Å². The molecule has 0 aromatic heterocycles. The van der Waals surface area contributed by atoms with Gasteiger partial charge in [-0.2, -0.15) is 0 Å². The van der Waals surface area contributed by atoms with E-state index in [0.29, 0.717) is 33.0 Å². The van der Waals surface area contributed by atoms with Gasteiger partial charge in [-0.1, -0.05) is 103 Å². The summed E-state index contributed by atoms with van der Waals surface area (Å²) < 4.78 is 0. The molecular formula is C46H36N4O9. The molecule has 13 heteroatoms. The van der Waals surface area contributed by atoms with Crippen molar-refractivity contribution in [1.82, 2.24) is 0 Å². The zero-order chi connectivity index (χ0) is 41.5. The Labute approximate surface area is 337 Å². The third-order valence-corrected chi connectivity index (χ3v) is 12.8. The highest BCUT2D eigenvalue weighted by Gasteiger charge is 2.66. The minimum Gasteiger partial charge on any atom is -0.507 e. The largest absolute Gasteiger partial charge is 0.507 e. The minimum atomic E-state index is -1.51. The summed E-state index contributed by atoms with van der Waals surface area (Å²) in [6.07, 6.45) is 3.40. The molecule has 9 rings (SSSR count). The molecular weight excluding hydrogens is 753 g/mol. The van der Waals surface area contributed by atoms with Crippen LogP contribution in [0.25, 0.3) is 16.3 Å². The van der Waals surface area contributed by atoms with Gasteiger partial charge in [0.25, 0.3) is 0 Å². The molecule has 2 fully saturated rings. The summed E-state index contributed by atoms with van der Waals surface area (Å²) >= 11 is 0. The molecule has 2 amide bonds. The fourth-order valence-electron chi connectivity index (χ4n) is 10.5. The van der Waals surface area contributed by atoms with E-state index in [0.717, 1.165) is 17.0 Å². The first-order chi connectivity index (χ1) is 28.4. The molecule has 4 aliphatic rings. The van der Waals surface area contributed by atoms with Crippen LogP contribution in [0.4, 0.5) is 22.7 Å². The number of ketones is 2. The van der Waals surface area contributed by atoms with Crippen molar-refractivity contribution < 1.29 is 34.1 Å². The monoisotopic (exact) mass is 788 g/mol. The van der Waals surface area contributed by atoms with Gasteiger partial charge in [0, 0.05) is 49.0 Å². The highest BCUT2D eigenvalue weighted by atomic mass is 16.6. The molecule has 0 spiro atoms. The van der Waals surface area contributed by atoms with E-state index in [9.17, 15) is 34.9 Å². The topological polar surface area (TPSA) is 181 Å². The number of carbonyl (C=O) groups is 4. The van der Waals surface area contributed by atoms with Crippen molar-refractivity contribution >= 4 is 62.5 Å². The number of phenolic OH excluding ortho intramolecular Hbond substituents is 1. The number of benzene rings is 5. The van der Waals surface area contributed by atoms with Gasteiger partial charge < -0.3 is 10.0 Å². The van der Waals surface area contributed by atoms with Crippen LogP contribution in [0.1, 0.15) is 35.4 Å². The first-order valence-electron chi connectivity index (χ1n) is 19.2. The Morgan fingerprint density at radius 3 is 2.00 bits per heavy atom. The van der Waals surface area contributed by atoms with E-state index in [-0.39, 0.29) is 47.1 Å². The molecule has 0 radical (unpaired) electrons. The number of aromatic hydroxyl groups is 1. The lowest BCUT2D eigenvalue weighted by Gasteiger charge is -2.55. The first-order valence-corrected chi connectivity index (χ1v) is 19.2. The number of allylic oxidation sites excluding steroid dienone is 4. The van der Waals surface area contributed by atoms with Gasteiger partial charge in [-0.25, -0.2) is 4.90 Å². The van der Waals surface area contributed by atoms with E-state index >= 15 is 9.59 Å². The summed E-state index contributed by atoms with van der Waals surface area (Å²) in [5.41, 5.74) is -0.668. The summed E-state index contributed by atoms with van der Waals surface area (Å²) in [5, 5.41) is 36.8. The number of imide groups is 1. The maximum atomic E-state index is 15.4. The summed E-state index contributed by atoms with van der Waals surface area (Å²) in [6.45, 7) is 0. The molecule has 1 saturated carbocycles. The molecule has 0 bridgehead atoms. The van der Waals surface area contributed by atoms with Gasteiger partial charge in [0.1, 0.15) is 5.75 Å². The fourth-order valence-corrected chi connectivity index (χ4v) is 10.5. The number of nitro groups is 2. The molecule has 1 saturated heterocycles. The van der Waals surface area contributed by atoms with Crippen LogP contribution in [0.2, 0.25) is 0 Å². The lowest BCUT2D eigenvalue weighted by Crippen LogP contribution is -2.58. The number of rotatable bonds is 7. The summed E-state index contributed by atoms with van der Waals surface area (Å²) in [5.74, 6) is -6.63. The quantitative estimate of drug-likeness (QED) is 0.0753. The molecule has 1 aliphatic heterocycles. The first kappa shape index (κ1) is 37.3. The average Bonchev–Trinajstić information content (AvgIpc) is 3.50. The Hall–Kier alpha value is -7.28. The van der Waals surface area contributed by atoms with Crippen molar-refractivity contribution in [3.63, 3.8) is 0 Å². The van der Waals surface area contributed by atoms with Gasteiger partial charge in [0.15, 0.2) is 17.3 Å². The van der Waals surface area contributed by atoms with Gasteiger partial charge in [-0.05, 0) is 53.0 Å². The van der Waals surface area contributed by atoms with Crippen molar-refractivity contribution in [1.29, 1.82) is 0 Å².